The largest absolute Gasteiger partial charge is 1.00 e. The molecule has 0 aliphatic carbocycles. The number of ether oxygens (including phenoxy) is 1. The Morgan fingerprint density at radius 3 is 2.25 bits per heavy atom. The molecule has 0 aromatic rings. The Labute approximate surface area is 119 Å². The van der Waals surface area contributed by atoms with E-state index in [0.29, 0.717) is 0 Å². The van der Waals surface area contributed by atoms with Crippen LogP contribution in [0.3, 0.4) is 0 Å². The molecule has 0 rings (SSSR count). The Kier molecular flexibility index (Phi) is 14.7. The second-order valence-corrected chi connectivity index (χ2v) is 3.27. The van der Waals surface area contributed by atoms with Gasteiger partial charge in [-0.2, -0.15) is 0 Å². The molecule has 0 atom stereocenters. The van der Waals surface area contributed by atoms with Crippen molar-refractivity contribution in [3.8, 4) is 0 Å². The van der Waals surface area contributed by atoms with Gasteiger partial charge in [0.2, 0.25) is 0 Å². The molecule has 0 saturated heterocycles. The fourth-order valence-electron chi connectivity index (χ4n) is 0.375. The zero-order valence-electron chi connectivity index (χ0n) is 9.48. The number of carbonyl (C=O) groups excluding carboxylic acids is 1. The van der Waals surface area contributed by atoms with Gasteiger partial charge in [-0.25, -0.2) is 0 Å². The van der Waals surface area contributed by atoms with Crippen LogP contribution in [0.25, 0.3) is 0 Å². The topological polar surface area (TPSA) is 83.8 Å². The first kappa shape index (κ1) is 19.2. The molecule has 0 aromatic carbocycles. The van der Waals surface area contributed by atoms with Gasteiger partial charge < -0.3 is 17.4 Å². The third kappa shape index (κ3) is 14.2. The Hall–Kier alpha value is 1.62. The summed E-state index contributed by atoms with van der Waals surface area (Å²) in [6.07, 6.45) is -0.832. The fourth-order valence-corrected chi connectivity index (χ4v) is 0.802. The molecule has 0 saturated carbocycles. The van der Waals surface area contributed by atoms with Crippen molar-refractivity contribution < 1.29 is 87.3 Å². The van der Waals surface area contributed by atoms with Crippen LogP contribution in [0.4, 0.5) is 0 Å². The zero-order chi connectivity index (χ0) is 8.20. The summed E-state index contributed by atoms with van der Waals surface area (Å²) in [5, 5.41) is 0. The molecule has 0 amide bonds. The second kappa shape index (κ2) is 9.19. The maximum Gasteiger partial charge on any atom is 1.00 e. The minimum atomic E-state index is -4.23. The molecule has 0 heterocycles. The van der Waals surface area contributed by atoms with E-state index in [0.717, 1.165) is 0 Å². The number of carbonyl (C=O) groups is 1. The Morgan fingerprint density at radius 1 is 1.58 bits per heavy atom. The number of rotatable bonds is 3. The third-order valence-electron chi connectivity index (χ3n) is 0.640. The van der Waals surface area contributed by atoms with Crippen molar-refractivity contribution in [1.82, 2.24) is 0 Å². The van der Waals surface area contributed by atoms with E-state index in [9.17, 15) is 9.36 Å². The first-order valence-electron chi connectivity index (χ1n) is 2.66. The summed E-state index contributed by atoms with van der Waals surface area (Å²) in [7, 11) is -4.23. The van der Waals surface area contributed by atoms with E-state index >= 15 is 0 Å². The maximum absolute atomic E-state index is 10.3. The summed E-state index contributed by atoms with van der Waals surface area (Å²) < 4.78 is 14.4. The molecule has 66 valence electrons. The van der Waals surface area contributed by atoms with Gasteiger partial charge in [0.15, 0.2) is 0 Å². The molecule has 5 nitrogen and oxygen atoms in total. The van der Waals surface area contributed by atoms with Crippen LogP contribution in [0.2, 0.25) is 0 Å². The predicted octanol–water partition coefficient (Wildman–Crippen LogP) is -5.79. The van der Waals surface area contributed by atoms with E-state index < -0.39 is 19.7 Å². The van der Waals surface area contributed by atoms with Crippen LogP contribution in [-0.2, 0) is 14.1 Å². The van der Waals surface area contributed by atoms with Crippen molar-refractivity contribution in [2.75, 3.05) is 12.8 Å². The second-order valence-electron chi connectivity index (χ2n) is 1.63. The molecule has 0 bridgehead atoms. The summed E-state index contributed by atoms with van der Waals surface area (Å²) in [6, 6.07) is 0. The standard InChI is InChI=1S/C4H9O5P.2Na.H2.2H/c1-2-9-4(5)3-10(6,7)8;;;;;/h2-3H2,1H3,(H2,6,7,8);;;1H;;/q;2*+1;;2*-1. The van der Waals surface area contributed by atoms with Gasteiger partial charge in [0.25, 0.3) is 0 Å². The van der Waals surface area contributed by atoms with Crippen LogP contribution >= 0.6 is 7.60 Å². The smallest absolute Gasteiger partial charge is 1.00 e. The van der Waals surface area contributed by atoms with E-state index in [1.165, 1.54) is 0 Å². The van der Waals surface area contributed by atoms with Gasteiger partial charge in [-0.3, -0.25) is 9.36 Å². The average molecular weight is 218 g/mol. The van der Waals surface area contributed by atoms with Crippen LogP contribution in [0.5, 0.6) is 0 Å². The van der Waals surface area contributed by atoms with Gasteiger partial charge in [-0.15, -0.1) is 0 Å². The Balaban J connectivity index is -0.0000000405. The summed E-state index contributed by atoms with van der Waals surface area (Å²) in [4.78, 5) is 26.8. The van der Waals surface area contributed by atoms with Gasteiger partial charge in [0.1, 0.15) is 6.16 Å². The van der Waals surface area contributed by atoms with E-state index in [1.807, 2.05) is 0 Å². The number of esters is 1. The number of hydrogen-bond acceptors (Lipinski definition) is 3. The van der Waals surface area contributed by atoms with E-state index in [4.69, 9.17) is 9.79 Å². The van der Waals surface area contributed by atoms with Gasteiger partial charge in [-0.05, 0) is 6.92 Å². The fraction of sp³-hybridized carbons (Fsp3) is 0.750. The van der Waals surface area contributed by atoms with E-state index in [2.05, 4.69) is 4.74 Å². The van der Waals surface area contributed by atoms with Crippen LogP contribution in [0.15, 0.2) is 0 Å². The van der Waals surface area contributed by atoms with Crippen molar-refractivity contribution in [2.24, 2.45) is 0 Å². The van der Waals surface area contributed by atoms with Crippen LogP contribution < -0.4 is 59.1 Å². The summed E-state index contributed by atoms with van der Waals surface area (Å²) >= 11 is 0. The Morgan fingerprint density at radius 2 is 2.00 bits per heavy atom. The van der Waals surface area contributed by atoms with Gasteiger partial charge in [0, 0.05) is 1.43 Å². The van der Waals surface area contributed by atoms with E-state index in [1.54, 1.807) is 6.92 Å². The molecule has 0 fully saturated rings. The minimum Gasteiger partial charge on any atom is -1.00 e. The van der Waals surface area contributed by atoms with Crippen LogP contribution in [0.1, 0.15) is 11.2 Å². The molecular weight excluding hydrogens is 205 g/mol. The zero-order valence-corrected chi connectivity index (χ0v) is 12.4. The molecule has 2 N–H and O–H groups in total. The van der Waals surface area contributed by atoms with Crippen molar-refractivity contribution in [2.45, 2.75) is 6.92 Å². The van der Waals surface area contributed by atoms with Crippen molar-refractivity contribution >= 4 is 13.6 Å². The van der Waals surface area contributed by atoms with Gasteiger partial charge >= 0.3 is 72.7 Å². The summed E-state index contributed by atoms with van der Waals surface area (Å²) in [6.45, 7) is 1.70. The van der Waals surface area contributed by atoms with E-state index in [-0.39, 0.29) is 70.0 Å². The molecular formula is C4H13Na2O5P. The molecule has 0 radical (unpaired) electrons. The van der Waals surface area contributed by atoms with Crippen molar-refractivity contribution in [1.29, 1.82) is 0 Å². The molecule has 0 aromatic heterocycles. The Bertz CT molecular complexity index is 178. The molecule has 8 heteroatoms. The van der Waals surface area contributed by atoms with Crippen LogP contribution in [0, 0.1) is 0 Å². The van der Waals surface area contributed by atoms with Gasteiger partial charge in [-0.1, -0.05) is 0 Å². The van der Waals surface area contributed by atoms with Crippen molar-refractivity contribution in [3.63, 3.8) is 0 Å². The molecule has 0 unspecified atom stereocenters. The first-order chi connectivity index (χ1) is 4.45. The van der Waals surface area contributed by atoms with Crippen LogP contribution in [-0.4, -0.2) is 28.5 Å². The summed E-state index contributed by atoms with van der Waals surface area (Å²) in [5.74, 6) is -0.865. The average Bonchev–Trinajstić information content (AvgIpc) is 1.59. The molecule has 0 aliphatic heterocycles. The molecule has 12 heavy (non-hydrogen) atoms. The maximum atomic E-state index is 10.3. The predicted molar refractivity (Wildman–Crippen MR) is 37.9 cm³/mol. The molecule has 0 aliphatic rings. The van der Waals surface area contributed by atoms with Gasteiger partial charge in [0.05, 0.1) is 6.61 Å². The SMILES string of the molecule is CCOC(=O)CP(=O)(O)O.[H-].[H-].[HH].[Na+].[Na+]. The normalized spacial score (nSPS) is 9.25. The third-order valence-corrected chi connectivity index (χ3v) is 1.31. The quantitative estimate of drug-likeness (QED) is 0.280. The molecule has 0 spiro atoms. The summed E-state index contributed by atoms with van der Waals surface area (Å²) in [5.41, 5.74) is 0. The minimum absolute atomic E-state index is 0. The number of hydrogen-bond donors (Lipinski definition) is 2. The first-order valence-corrected chi connectivity index (χ1v) is 4.45. The van der Waals surface area contributed by atoms with Crippen molar-refractivity contribution in [3.05, 3.63) is 0 Å². The monoisotopic (exact) mass is 218 g/mol.